The number of hydrogen-bond acceptors (Lipinski definition) is 4. The van der Waals surface area contributed by atoms with Gasteiger partial charge in [-0.1, -0.05) is 38.2 Å². The molecule has 25 heavy (non-hydrogen) atoms. The Hall–Kier alpha value is -1.46. The lowest BCUT2D eigenvalue weighted by molar-refractivity contribution is -0.156. The second kappa shape index (κ2) is 8.77. The van der Waals surface area contributed by atoms with E-state index in [4.69, 9.17) is 0 Å². The van der Waals surface area contributed by atoms with Crippen molar-refractivity contribution in [3.05, 3.63) is 30.1 Å². The molecule has 1 saturated carbocycles. The highest BCUT2D eigenvalue weighted by molar-refractivity contribution is 5.86. The zero-order valence-corrected chi connectivity index (χ0v) is 15.1. The van der Waals surface area contributed by atoms with Crippen LogP contribution < -0.4 is 5.32 Å². The molecule has 5 nitrogen and oxygen atoms in total. The number of nitrogens with zero attached hydrogens (tertiary/aromatic N) is 2. The van der Waals surface area contributed by atoms with Gasteiger partial charge in [0.1, 0.15) is 0 Å². The Bertz CT molecular complexity index is 545. The van der Waals surface area contributed by atoms with Gasteiger partial charge in [-0.25, -0.2) is 0 Å². The maximum absolute atomic E-state index is 12.8. The average molecular weight is 345 g/mol. The number of piperidine rings is 1. The van der Waals surface area contributed by atoms with Crippen LogP contribution in [0.1, 0.15) is 57.1 Å². The van der Waals surface area contributed by atoms with E-state index in [0.29, 0.717) is 19.5 Å². The van der Waals surface area contributed by atoms with Crippen LogP contribution in [-0.2, 0) is 11.3 Å². The van der Waals surface area contributed by atoms with Crippen molar-refractivity contribution in [2.75, 3.05) is 19.6 Å². The first kappa shape index (κ1) is 18.3. The summed E-state index contributed by atoms with van der Waals surface area (Å²) in [5.41, 5.74) is -0.344. The summed E-state index contributed by atoms with van der Waals surface area (Å²) in [7, 11) is 0. The topological polar surface area (TPSA) is 65.5 Å². The fourth-order valence-corrected chi connectivity index (χ4v) is 4.16. The number of aliphatic hydroxyl groups is 1. The molecule has 2 fully saturated rings. The molecule has 2 heterocycles. The number of amides is 1. The SMILES string of the molecule is O=C1N(CCC2CCCCC2)CCC[C@@]1(O)CNCc1ccccn1. The van der Waals surface area contributed by atoms with Gasteiger partial charge in [0.25, 0.3) is 5.91 Å². The van der Waals surface area contributed by atoms with E-state index in [9.17, 15) is 9.90 Å². The van der Waals surface area contributed by atoms with Gasteiger partial charge in [0.05, 0.1) is 5.69 Å². The van der Waals surface area contributed by atoms with Crippen molar-refractivity contribution in [2.24, 2.45) is 5.92 Å². The first-order chi connectivity index (χ1) is 12.2. The fraction of sp³-hybridized carbons (Fsp3) is 0.700. The monoisotopic (exact) mass is 345 g/mol. The Balaban J connectivity index is 1.47. The third-order valence-corrected chi connectivity index (χ3v) is 5.69. The first-order valence-corrected chi connectivity index (χ1v) is 9.80. The molecule has 5 heteroatoms. The second-order valence-electron chi connectivity index (χ2n) is 7.64. The van der Waals surface area contributed by atoms with E-state index in [0.717, 1.165) is 37.5 Å². The van der Waals surface area contributed by atoms with Gasteiger partial charge in [-0.3, -0.25) is 9.78 Å². The molecule has 1 amide bonds. The lowest BCUT2D eigenvalue weighted by Crippen LogP contribution is -2.58. The first-order valence-electron chi connectivity index (χ1n) is 9.80. The summed E-state index contributed by atoms with van der Waals surface area (Å²) in [6, 6.07) is 5.76. The van der Waals surface area contributed by atoms with Crippen LogP contribution in [0.15, 0.2) is 24.4 Å². The third-order valence-electron chi connectivity index (χ3n) is 5.69. The van der Waals surface area contributed by atoms with Crippen LogP contribution in [-0.4, -0.2) is 46.1 Å². The summed E-state index contributed by atoms with van der Waals surface area (Å²) in [6.45, 7) is 2.45. The van der Waals surface area contributed by atoms with E-state index in [1.54, 1.807) is 6.20 Å². The molecule has 1 saturated heterocycles. The van der Waals surface area contributed by atoms with E-state index in [-0.39, 0.29) is 5.91 Å². The number of pyridine rings is 1. The smallest absolute Gasteiger partial charge is 0.255 e. The zero-order chi connectivity index (χ0) is 17.5. The van der Waals surface area contributed by atoms with E-state index >= 15 is 0 Å². The molecule has 0 bridgehead atoms. The van der Waals surface area contributed by atoms with Gasteiger partial charge >= 0.3 is 0 Å². The molecule has 1 atom stereocenters. The van der Waals surface area contributed by atoms with Crippen LogP contribution in [0.25, 0.3) is 0 Å². The largest absolute Gasteiger partial charge is 0.379 e. The van der Waals surface area contributed by atoms with E-state index < -0.39 is 5.60 Å². The van der Waals surface area contributed by atoms with Crippen LogP contribution >= 0.6 is 0 Å². The normalized spacial score (nSPS) is 25.3. The summed E-state index contributed by atoms with van der Waals surface area (Å²) in [5.74, 6) is 0.668. The Morgan fingerprint density at radius 1 is 1.24 bits per heavy atom. The minimum absolute atomic E-state index is 0.0944. The van der Waals surface area contributed by atoms with Gasteiger partial charge in [-0.15, -0.1) is 0 Å². The molecule has 2 aliphatic rings. The Kier molecular flexibility index (Phi) is 6.43. The molecule has 2 N–H and O–H groups in total. The maximum atomic E-state index is 12.8. The quantitative estimate of drug-likeness (QED) is 0.797. The molecular weight excluding hydrogens is 314 g/mol. The number of carbonyl (C=O) groups is 1. The number of aromatic nitrogens is 1. The molecule has 0 spiro atoms. The lowest BCUT2D eigenvalue weighted by Gasteiger charge is -2.39. The summed E-state index contributed by atoms with van der Waals surface area (Å²) in [5, 5.41) is 14.1. The maximum Gasteiger partial charge on any atom is 0.255 e. The molecule has 0 radical (unpaired) electrons. The number of rotatable bonds is 7. The highest BCUT2D eigenvalue weighted by Gasteiger charge is 2.41. The average Bonchev–Trinajstić information content (AvgIpc) is 2.65. The molecule has 1 aromatic heterocycles. The molecule has 0 aromatic carbocycles. The summed E-state index contributed by atoms with van der Waals surface area (Å²) < 4.78 is 0. The van der Waals surface area contributed by atoms with Gasteiger partial charge < -0.3 is 15.3 Å². The highest BCUT2D eigenvalue weighted by atomic mass is 16.3. The van der Waals surface area contributed by atoms with Crippen molar-refractivity contribution in [1.82, 2.24) is 15.2 Å². The molecule has 138 valence electrons. The van der Waals surface area contributed by atoms with Crippen molar-refractivity contribution in [3.63, 3.8) is 0 Å². The van der Waals surface area contributed by atoms with Gasteiger partial charge in [0.2, 0.25) is 0 Å². The van der Waals surface area contributed by atoms with Gasteiger partial charge in [-0.05, 0) is 37.3 Å². The minimum Gasteiger partial charge on any atom is -0.379 e. The Labute approximate surface area is 150 Å². The number of hydrogen-bond donors (Lipinski definition) is 2. The fourth-order valence-electron chi connectivity index (χ4n) is 4.16. The van der Waals surface area contributed by atoms with Crippen LogP contribution in [0.4, 0.5) is 0 Å². The number of likely N-dealkylation sites (tertiary alicyclic amines) is 1. The van der Waals surface area contributed by atoms with Crippen molar-refractivity contribution in [3.8, 4) is 0 Å². The summed E-state index contributed by atoms with van der Waals surface area (Å²) in [6.07, 6.45) is 10.9. The van der Waals surface area contributed by atoms with Crippen LogP contribution in [0.3, 0.4) is 0 Å². The molecular formula is C20H31N3O2. The standard InChI is InChI=1S/C20H31N3O2/c24-19-20(25,16-21-15-18-9-4-5-12-22-18)11-6-13-23(19)14-10-17-7-2-1-3-8-17/h4-5,9,12,17,21,25H,1-3,6-8,10-11,13-16H2/t20-/m1/s1. The Morgan fingerprint density at radius 3 is 2.84 bits per heavy atom. The van der Waals surface area contributed by atoms with E-state index in [1.807, 2.05) is 23.1 Å². The molecule has 3 rings (SSSR count). The van der Waals surface area contributed by atoms with Crippen molar-refractivity contribution in [1.29, 1.82) is 0 Å². The zero-order valence-electron chi connectivity index (χ0n) is 15.1. The lowest BCUT2D eigenvalue weighted by atomic mass is 9.86. The minimum atomic E-state index is -1.26. The van der Waals surface area contributed by atoms with Gasteiger partial charge in [0, 0.05) is 32.4 Å². The molecule has 0 unspecified atom stereocenters. The van der Waals surface area contributed by atoms with Crippen molar-refractivity contribution in [2.45, 2.75) is 63.5 Å². The molecule has 1 aliphatic heterocycles. The Morgan fingerprint density at radius 2 is 2.08 bits per heavy atom. The van der Waals surface area contributed by atoms with E-state index in [1.165, 1.54) is 32.1 Å². The van der Waals surface area contributed by atoms with Crippen LogP contribution in [0, 0.1) is 5.92 Å². The van der Waals surface area contributed by atoms with Crippen molar-refractivity contribution >= 4 is 5.91 Å². The molecule has 1 aliphatic carbocycles. The third kappa shape index (κ3) is 5.02. The second-order valence-corrected chi connectivity index (χ2v) is 7.64. The highest BCUT2D eigenvalue weighted by Crippen LogP contribution is 2.28. The summed E-state index contributed by atoms with van der Waals surface area (Å²) in [4.78, 5) is 18.9. The van der Waals surface area contributed by atoms with Crippen LogP contribution in [0.2, 0.25) is 0 Å². The van der Waals surface area contributed by atoms with Gasteiger partial charge in [-0.2, -0.15) is 0 Å². The predicted octanol–water partition coefficient (Wildman–Crippen LogP) is 2.50. The van der Waals surface area contributed by atoms with Crippen LogP contribution in [0.5, 0.6) is 0 Å². The molecule has 1 aromatic rings. The summed E-state index contributed by atoms with van der Waals surface area (Å²) >= 11 is 0. The predicted molar refractivity (Wildman–Crippen MR) is 97.9 cm³/mol. The van der Waals surface area contributed by atoms with E-state index in [2.05, 4.69) is 10.3 Å². The number of nitrogens with one attached hydrogen (secondary N) is 1. The van der Waals surface area contributed by atoms with Crippen molar-refractivity contribution < 1.29 is 9.90 Å². The van der Waals surface area contributed by atoms with Gasteiger partial charge in [0.15, 0.2) is 5.60 Å². The number of carbonyl (C=O) groups excluding carboxylic acids is 1.